The number of fused-ring (bicyclic) bond motifs is 1. The Bertz CT molecular complexity index is 721. The lowest BCUT2D eigenvalue weighted by Gasteiger charge is -2.34. The van der Waals surface area contributed by atoms with Crippen LogP contribution < -0.4 is 9.47 Å². The summed E-state index contributed by atoms with van der Waals surface area (Å²) >= 11 is 0. The number of rotatable bonds is 6. The first-order valence-corrected chi connectivity index (χ1v) is 9.96. The van der Waals surface area contributed by atoms with E-state index in [1.54, 1.807) is 14.2 Å². The summed E-state index contributed by atoms with van der Waals surface area (Å²) in [6.45, 7) is 5.27. The molecular formula is C21H30N2O5. The molecule has 1 fully saturated rings. The van der Waals surface area contributed by atoms with Crippen molar-refractivity contribution in [1.29, 1.82) is 0 Å². The maximum Gasteiger partial charge on any atom is 0.310 e. The van der Waals surface area contributed by atoms with Crippen molar-refractivity contribution in [1.82, 2.24) is 9.80 Å². The predicted molar refractivity (Wildman–Crippen MR) is 104 cm³/mol. The van der Waals surface area contributed by atoms with E-state index in [9.17, 15) is 9.59 Å². The van der Waals surface area contributed by atoms with Gasteiger partial charge in [-0.1, -0.05) is 0 Å². The molecule has 154 valence electrons. The fraction of sp³-hybridized carbons (Fsp3) is 0.619. The Labute approximate surface area is 166 Å². The van der Waals surface area contributed by atoms with Gasteiger partial charge in [-0.05, 0) is 56.0 Å². The van der Waals surface area contributed by atoms with E-state index in [0.29, 0.717) is 38.5 Å². The van der Waals surface area contributed by atoms with Crippen molar-refractivity contribution in [3.05, 3.63) is 23.3 Å². The van der Waals surface area contributed by atoms with E-state index in [4.69, 9.17) is 14.2 Å². The number of methoxy groups -OCH3 is 2. The van der Waals surface area contributed by atoms with Gasteiger partial charge in [-0.3, -0.25) is 14.5 Å². The molecule has 1 aromatic carbocycles. The molecule has 1 amide bonds. The molecule has 0 saturated carbocycles. The average Bonchev–Trinajstić information content (AvgIpc) is 2.72. The number of amides is 1. The molecule has 28 heavy (non-hydrogen) atoms. The van der Waals surface area contributed by atoms with Crippen LogP contribution in [0.2, 0.25) is 0 Å². The van der Waals surface area contributed by atoms with Crippen molar-refractivity contribution >= 4 is 11.9 Å². The molecule has 0 radical (unpaired) electrons. The summed E-state index contributed by atoms with van der Waals surface area (Å²) in [4.78, 5) is 28.9. The number of esters is 1. The molecule has 0 unspecified atom stereocenters. The number of benzene rings is 1. The molecular weight excluding hydrogens is 360 g/mol. The predicted octanol–water partition coefficient (Wildman–Crippen LogP) is 1.86. The molecule has 0 spiro atoms. The first-order valence-electron chi connectivity index (χ1n) is 9.96. The van der Waals surface area contributed by atoms with Crippen molar-refractivity contribution in [2.45, 2.75) is 32.7 Å². The standard InChI is InChI=1S/C21H30N2O5/c1-4-28-21(25)16-6-5-8-22(12-16)14-20(24)23-9-7-15-10-18(26-2)19(27-3)11-17(15)13-23/h10-11,16H,4-9,12-14H2,1-3H3/t16-/m1/s1. The molecule has 1 aromatic rings. The maximum atomic E-state index is 12.9. The van der Waals surface area contributed by atoms with E-state index in [2.05, 4.69) is 4.90 Å². The molecule has 1 atom stereocenters. The molecule has 3 rings (SSSR count). The highest BCUT2D eigenvalue weighted by Gasteiger charge is 2.30. The van der Waals surface area contributed by atoms with E-state index in [1.165, 1.54) is 5.56 Å². The number of piperidine rings is 1. The highest BCUT2D eigenvalue weighted by molar-refractivity contribution is 5.79. The Hall–Kier alpha value is -2.28. The van der Waals surface area contributed by atoms with Gasteiger partial charge in [0.05, 0.1) is 33.3 Å². The van der Waals surface area contributed by atoms with Gasteiger partial charge in [0, 0.05) is 19.6 Å². The molecule has 0 bridgehead atoms. The van der Waals surface area contributed by atoms with Gasteiger partial charge in [-0.2, -0.15) is 0 Å². The van der Waals surface area contributed by atoms with Crippen LogP contribution >= 0.6 is 0 Å². The second kappa shape index (κ2) is 9.28. The third-order valence-corrected chi connectivity index (χ3v) is 5.56. The van der Waals surface area contributed by atoms with Crippen LogP contribution in [0.3, 0.4) is 0 Å². The number of nitrogens with zero attached hydrogens (tertiary/aromatic N) is 2. The Morgan fingerprint density at radius 3 is 2.50 bits per heavy atom. The van der Waals surface area contributed by atoms with E-state index in [-0.39, 0.29) is 17.8 Å². The van der Waals surface area contributed by atoms with E-state index in [0.717, 1.165) is 37.1 Å². The molecule has 2 heterocycles. The van der Waals surface area contributed by atoms with Gasteiger partial charge in [-0.25, -0.2) is 0 Å². The van der Waals surface area contributed by atoms with Crippen LogP contribution in [0.15, 0.2) is 12.1 Å². The minimum Gasteiger partial charge on any atom is -0.493 e. The molecule has 2 aliphatic rings. The lowest BCUT2D eigenvalue weighted by Crippen LogP contribution is -2.46. The van der Waals surface area contributed by atoms with Gasteiger partial charge < -0.3 is 19.1 Å². The molecule has 7 heteroatoms. The van der Waals surface area contributed by atoms with Crippen LogP contribution in [0.5, 0.6) is 11.5 Å². The van der Waals surface area contributed by atoms with Gasteiger partial charge >= 0.3 is 5.97 Å². The molecule has 0 aromatic heterocycles. The van der Waals surface area contributed by atoms with Gasteiger partial charge in [-0.15, -0.1) is 0 Å². The first kappa shape index (κ1) is 20.5. The summed E-state index contributed by atoms with van der Waals surface area (Å²) in [5.74, 6) is 1.24. The summed E-state index contributed by atoms with van der Waals surface area (Å²) in [5, 5.41) is 0. The largest absolute Gasteiger partial charge is 0.493 e. The van der Waals surface area contributed by atoms with Gasteiger partial charge in [0.25, 0.3) is 0 Å². The molecule has 0 aliphatic carbocycles. The van der Waals surface area contributed by atoms with Crippen molar-refractivity contribution in [3.8, 4) is 11.5 Å². The van der Waals surface area contributed by atoms with Crippen molar-refractivity contribution in [2.24, 2.45) is 5.92 Å². The van der Waals surface area contributed by atoms with Crippen LogP contribution in [0.25, 0.3) is 0 Å². The first-order chi connectivity index (χ1) is 13.5. The lowest BCUT2D eigenvalue weighted by atomic mass is 9.97. The summed E-state index contributed by atoms with van der Waals surface area (Å²) in [6.07, 6.45) is 2.55. The van der Waals surface area contributed by atoms with E-state index < -0.39 is 0 Å². The van der Waals surface area contributed by atoms with Crippen molar-refractivity contribution in [2.75, 3.05) is 47.0 Å². The molecule has 1 saturated heterocycles. The second-order valence-corrected chi connectivity index (χ2v) is 7.37. The second-order valence-electron chi connectivity index (χ2n) is 7.37. The molecule has 0 N–H and O–H groups in total. The fourth-order valence-corrected chi connectivity index (χ4v) is 4.04. The zero-order valence-electron chi connectivity index (χ0n) is 17.0. The summed E-state index contributed by atoms with van der Waals surface area (Å²) in [5.41, 5.74) is 2.29. The van der Waals surface area contributed by atoms with Gasteiger partial charge in [0.15, 0.2) is 11.5 Å². The van der Waals surface area contributed by atoms with Crippen LogP contribution in [0, 0.1) is 5.92 Å². The summed E-state index contributed by atoms with van der Waals surface area (Å²) in [7, 11) is 3.25. The van der Waals surface area contributed by atoms with Gasteiger partial charge in [0.1, 0.15) is 0 Å². The van der Waals surface area contributed by atoms with Crippen LogP contribution in [-0.2, 0) is 27.3 Å². The Balaban J connectivity index is 1.61. The summed E-state index contributed by atoms with van der Waals surface area (Å²) in [6, 6.07) is 3.97. The van der Waals surface area contributed by atoms with Crippen molar-refractivity contribution < 1.29 is 23.8 Å². The normalized spacial score (nSPS) is 19.7. The quantitative estimate of drug-likeness (QED) is 0.691. The van der Waals surface area contributed by atoms with Crippen LogP contribution in [-0.4, -0.2) is 68.7 Å². The van der Waals surface area contributed by atoms with E-state index in [1.807, 2.05) is 24.0 Å². The molecule has 7 nitrogen and oxygen atoms in total. The topological polar surface area (TPSA) is 68.3 Å². The number of ether oxygens (including phenoxy) is 3. The third-order valence-electron chi connectivity index (χ3n) is 5.56. The monoisotopic (exact) mass is 390 g/mol. The number of hydrogen-bond donors (Lipinski definition) is 0. The minimum absolute atomic E-state index is 0.102. The number of hydrogen-bond acceptors (Lipinski definition) is 6. The number of carbonyl (C=O) groups is 2. The Morgan fingerprint density at radius 1 is 1.11 bits per heavy atom. The maximum absolute atomic E-state index is 12.9. The van der Waals surface area contributed by atoms with Crippen LogP contribution in [0.1, 0.15) is 30.9 Å². The fourth-order valence-electron chi connectivity index (χ4n) is 4.04. The third kappa shape index (κ3) is 4.58. The Kier molecular flexibility index (Phi) is 6.78. The lowest BCUT2D eigenvalue weighted by molar-refractivity contribution is -0.150. The highest BCUT2D eigenvalue weighted by atomic mass is 16.5. The van der Waals surface area contributed by atoms with Crippen molar-refractivity contribution in [3.63, 3.8) is 0 Å². The Morgan fingerprint density at radius 2 is 1.82 bits per heavy atom. The highest BCUT2D eigenvalue weighted by Crippen LogP contribution is 2.33. The van der Waals surface area contributed by atoms with E-state index >= 15 is 0 Å². The summed E-state index contributed by atoms with van der Waals surface area (Å²) < 4.78 is 15.9. The smallest absolute Gasteiger partial charge is 0.310 e. The SMILES string of the molecule is CCOC(=O)[C@@H]1CCCN(CC(=O)N2CCc3cc(OC)c(OC)cc3C2)C1. The van der Waals surface area contributed by atoms with Gasteiger partial charge in [0.2, 0.25) is 5.91 Å². The number of likely N-dealkylation sites (tertiary alicyclic amines) is 1. The van der Waals surface area contributed by atoms with Crippen LogP contribution in [0.4, 0.5) is 0 Å². The zero-order valence-corrected chi connectivity index (χ0v) is 17.0. The minimum atomic E-state index is -0.146. The average molecular weight is 390 g/mol. The number of carbonyl (C=O) groups excluding carboxylic acids is 2. The zero-order chi connectivity index (χ0) is 20.1. The molecule has 2 aliphatic heterocycles.